The van der Waals surface area contributed by atoms with Crippen molar-refractivity contribution in [3.05, 3.63) is 70.8 Å². The lowest BCUT2D eigenvalue weighted by Gasteiger charge is -2.35. The third kappa shape index (κ3) is 10.7. The maximum absolute atomic E-state index is 14.2. The van der Waals surface area contributed by atoms with Crippen LogP contribution < -0.4 is 10.6 Å². The summed E-state index contributed by atoms with van der Waals surface area (Å²) in [7, 11) is 0. The van der Waals surface area contributed by atoms with E-state index >= 15 is 0 Å². The fraction of sp³-hybridized carbons (Fsp3) is 0.515. The standard InChI is InChI=1S/C33H47N3O7/c1-10-36(29(39)26(20-37)35-31(41)43-33(7,8)9)27(24-18-14-15-21(2)22(24)3)28(38)34-25(30(40)42-32(4,5)6)19-23-16-12-11-13-17-23/h11-18,25-27,37H,10,19-20H2,1-9H3,(H,34,38)(H,35,41). The smallest absolute Gasteiger partial charge is 0.408 e. The van der Waals surface area contributed by atoms with Crippen molar-refractivity contribution in [2.45, 2.75) is 98.1 Å². The Morgan fingerprint density at radius 2 is 1.44 bits per heavy atom. The van der Waals surface area contributed by atoms with Crippen LogP contribution in [0.5, 0.6) is 0 Å². The number of ether oxygens (including phenoxy) is 2. The highest BCUT2D eigenvalue weighted by atomic mass is 16.6. The maximum atomic E-state index is 14.2. The number of aliphatic hydroxyl groups is 1. The lowest BCUT2D eigenvalue weighted by Crippen LogP contribution is -2.56. The minimum atomic E-state index is -1.37. The predicted molar refractivity (Wildman–Crippen MR) is 164 cm³/mol. The molecule has 3 atom stereocenters. The van der Waals surface area contributed by atoms with Crippen LogP contribution in [-0.4, -0.2) is 70.3 Å². The number of esters is 1. The second kappa shape index (κ2) is 15.0. The average molecular weight is 598 g/mol. The van der Waals surface area contributed by atoms with Crippen molar-refractivity contribution >= 4 is 23.9 Å². The van der Waals surface area contributed by atoms with Gasteiger partial charge in [-0.15, -0.1) is 0 Å². The van der Waals surface area contributed by atoms with Crippen LogP contribution in [-0.2, 0) is 30.3 Å². The van der Waals surface area contributed by atoms with E-state index in [1.54, 1.807) is 60.6 Å². The molecule has 0 aromatic heterocycles. The number of hydrogen-bond acceptors (Lipinski definition) is 7. The number of benzene rings is 2. The SMILES string of the molecule is CCN(C(=O)C(CO)NC(=O)OC(C)(C)C)C(C(=O)NC(Cc1ccccc1)C(=O)OC(C)(C)C)c1cccc(C)c1C. The van der Waals surface area contributed by atoms with E-state index in [4.69, 9.17) is 9.47 Å². The molecule has 0 aliphatic rings. The first-order valence-corrected chi connectivity index (χ1v) is 14.5. The number of nitrogens with zero attached hydrogens (tertiary/aromatic N) is 1. The Labute approximate surface area is 255 Å². The summed E-state index contributed by atoms with van der Waals surface area (Å²) in [6.07, 6.45) is -0.711. The van der Waals surface area contributed by atoms with Crippen LogP contribution in [0.2, 0.25) is 0 Å². The number of likely N-dealkylation sites (N-methyl/N-ethyl adjacent to an activating group) is 1. The van der Waals surface area contributed by atoms with E-state index in [1.165, 1.54) is 4.90 Å². The molecule has 0 heterocycles. The Balaban J connectivity index is 2.53. The Hall–Kier alpha value is -3.92. The molecule has 10 heteroatoms. The van der Waals surface area contributed by atoms with Gasteiger partial charge in [0.2, 0.25) is 11.8 Å². The third-order valence-corrected chi connectivity index (χ3v) is 6.59. The number of hydrogen-bond donors (Lipinski definition) is 3. The lowest BCUT2D eigenvalue weighted by atomic mass is 9.94. The number of aryl methyl sites for hydroxylation is 1. The van der Waals surface area contributed by atoms with Crippen molar-refractivity contribution in [1.29, 1.82) is 0 Å². The van der Waals surface area contributed by atoms with E-state index < -0.39 is 59.8 Å². The number of carbonyl (C=O) groups excluding carboxylic acids is 4. The minimum Gasteiger partial charge on any atom is -0.458 e. The van der Waals surface area contributed by atoms with Crippen molar-refractivity contribution < 1.29 is 33.8 Å². The number of alkyl carbamates (subject to hydrolysis) is 1. The van der Waals surface area contributed by atoms with Crippen LogP contribution >= 0.6 is 0 Å². The molecule has 0 aliphatic carbocycles. The zero-order valence-electron chi connectivity index (χ0n) is 26.8. The molecular weight excluding hydrogens is 550 g/mol. The summed E-state index contributed by atoms with van der Waals surface area (Å²) in [6, 6.07) is 11.0. The van der Waals surface area contributed by atoms with Gasteiger partial charge in [0.15, 0.2) is 0 Å². The molecule has 0 fully saturated rings. The summed E-state index contributed by atoms with van der Waals surface area (Å²) < 4.78 is 10.9. The van der Waals surface area contributed by atoms with E-state index in [0.717, 1.165) is 16.7 Å². The van der Waals surface area contributed by atoms with Gasteiger partial charge in [-0.2, -0.15) is 0 Å². The average Bonchev–Trinajstić information content (AvgIpc) is 2.90. The monoisotopic (exact) mass is 597 g/mol. The van der Waals surface area contributed by atoms with Gasteiger partial charge < -0.3 is 30.1 Å². The largest absolute Gasteiger partial charge is 0.458 e. The fourth-order valence-electron chi connectivity index (χ4n) is 4.49. The molecular formula is C33H47N3O7. The minimum absolute atomic E-state index is 0.0621. The topological polar surface area (TPSA) is 134 Å². The van der Waals surface area contributed by atoms with E-state index in [0.29, 0.717) is 5.56 Å². The zero-order chi connectivity index (χ0) is 32.5. The van der Waals surface area contributed by atoms with Gasteiger partial charge in [-0.05, 0) is 84.6 Å². The van der Waals surface area contributed by atoms with Crippen molar-refractivity contribution in [3.63, 3.8) is 0 Å². The van der Waals surface area contributed by atoms with Gasteiger partial charge in [-0.1, -0.05) is 48.5 Å². The summed E-state index contributed by atoms with van der Waals surface area (Å²) in [5, 5.41) is 15.4. The highest BCUT2D eigenvalue weighted by Gasteiger charge is 2.38. The van der Waals surface area contributed by atoms with Gasteiger partial charge in [0.05, 0.1) is 6.61 Å². The molecule has 3 amide bonds. The third-order valence-electron chi connectivity index (χ3n) is 6.59. The molecule has 43 heavy (non-hydrogen) atoms. The van der Waals surface area contributed by atoms with Crippen molar-refractivity contribution in [3.8, 4) is 0 Å². The number of aliphatic hydroxyl groups excluding tert-OH is 1. The molecule has 0 bridgehead atoms. The van der Waals surface area contributed by atoms with E-state index in [9.17, 15) is 24.3 Å². The Bertz CT molecular complexity index is 1270. The number of rotatable bonds is 11. The summed E-state index contributed by atoms with van der Waals surface area (Å²) in [5.41, 5.74) is 1.42. The van der Waals surface area contributed by atoms with Gasteiger partial charge in [0.25, 0.3) is 0 Å². The fourth-order valence-corrected chi connectivity index (χ4v) is 4.49. The molecule has 10 nitrogen and oxygen atoms in total. The molecule has 0 spiro atoms. The first-order valence-electron chi connectivity index (χ1n) is 14.5. The van der Waals surface area contributed by atoms with E-state index in [-0.39, 0.29) is 13.0 Å². The van der Waals surface area contributed by atoms with Crippen molar-refractivity contribution in [2.24, 2.45) is 0 Å². The quantitative estimate of drug-likeness (QED) is 0.331. The summed E-state index contributed by atoms with van der Waals surface area (Å²) >= 11 is 0. The van der Waals surface area contributed by atoms with Crippen LogP contribution in [0, 0.1) is 13.8 Å². The Morgan fingerprint density at radius 3 is 1.98 bits per heavy atom. The Morgan fingerprint density at radius 1 is 0.837 bits per heavy atom. The van der Waals surface area contributed by atoms with Crippen LogP contribution in [0.15, 0.2) is 48.5 Å². The molecule has 2 rings (SSSR count). The number of amides is 3. The van der Waals surface area contributed by atoms with Gasteiger partial charge in [-0.3, -0.25) is 9.59 Å². The van der Waals surface area contributed by atoms with E-state index in [2.05, 4.69) is 10.6 Å². The molecule has 0 radical (unpaired) electrons. The molecule has 236 valence electrons. The number of carbonyl (C=O) groups is 4. The lowest BCUT2D eigenvalue weighted by molar-refractivity contribution is -0.159. The summed E-state index contributed by atoms with van der Waals surface area (Å²) in [5.74, 6) is -1.91. The Kier molecular flexibility index (Phi) is 12.3. The molecule has 2 aromatic rings. The van der Waals surface area contributed by atoms with E-state index in [1.807, 2.05) is 50.2 Å². The van der Waals surface area contributed by atoms with Gasteiger partial charge in [0, 0.05) is 13.0 Å². The maximum Gasteiger partial charge on any atom is 0.408 e. The second-order valence-electron chi connectivity index (χ2n) is 12.5. The molecule has 0 saturated carbocycles. The molecule has 3 N–H and O–H groups in total. The summed E-state index contributed by atoms with van der Waals surface area (Å²) in [6.45, 7) is 15.1. The normalized spacial score (nSPS) is 13.7. The number of nitrogens with one attached hydrogen (secondary N) is 2. The van der Waals surface area contributed by atoms with Gasteiger partial charge >= 0.3 is 12.1 Å². The second-order valence-corrected chi connectivity index (χ2v) is 12.5. The van der Waals surface area contributed by atoms with Gasteiger partial charge in [-0.25, -0.2) is 9.59 Å². The molecule has 3 unspecified atom stereocenters. The highest BCUT2D eigenvalue weighted by molar-refractivity contribution is 5.94. The van der Waals surface area contributed by atoms with Crippen molar-refractivity contribution in [2.75, 3.05) is 13.2 Å². The summed E-state index contributed by atoms with van der Waals surface area (Å²) in [4.78, 5) is 55.2. The molecule has 0 saturated heterocycles. The van der Waals surface area contributed by atoms with Crippen LogP contribution in [0.3, 0.4) is 0 Å². The van der Waals surface area contributed by atoms with Gasteiger partial charge in [0.1, 0.15) is 29.3 Å². The van der Waals surface area contributed by atoms with Crippen LogP contribution in [0.4, 0.5) is 4.79 Å². The first-order chi connectivity index (χ1) is 20.0. The van der Waals surface area contributed by atoms with Crippen LogP contribution in [0.1, 0.15) is 76.8 Å². The van der Waals surface area contributed by atoms with Crippen LogP contribution in [0.25, 0.3) is 0 Å². The highest BCUT2D eigenvalue weighted by Crippen LogP contribution is 2.28. The zero-order valence-corrected chi connectivity index (χ0v) is 26.8. The molecule has 2 aromatic carbocycles. The predicted octanol–water partition coefficient (Wildman–Crippen LogP) is 4.15. The first kappa shape index (κ1) is 35.3. The van der Waals surface area contributed by atoms with Crippen molar-refractivity contribution in [1.82, 2.24) is 15.5 Å². The molecule has 0 aliphatic heterocycles.